The molecule has 0 unspecified atom stereocenters. The van der Waals surface area contributed by atoms with Crippen LogP contribution < -0.4 is 11.1 Å². The fraction of sp³-hybridized carbons (Fsp3) is 0. The Hall–Kier alpha value is -1.07. The van der Waals surface area contributed by atoms with Crippen molar-refractivity contribution < 1.29 is 4.39 Å². The number of halogens is 3. The van der Waals surface area contributed by atoms with Gasteiger partial charge in [0.25, 0.3) is 0 Å². The van der Waals surface area contributed by atoms with E-state index in [0.717, 1.165) is 10.2 Å². The van der Waals surface area contributed by atoms with Crippen LogP contribution in [0.2, 0.25) is 0 Å². The molecule has 0 amide bonds. The summed E-state index contributed by atoms with van der Waals surface area (Å²) in [6.07, 6.45) is 0. The molecule has 0 fully saturated rings. The molecule has 0 heterocycles. The van der Waals surface area contributed by atoms with Crippen LogP contribution in [-0.2, 0) is 0 Å². The summed E-state index contributed by atoms with van der Waals surface area (Å²) in [6, 6.07) is 10.3. The van der Waals surface area contributed by atoms with E-state index >= 15 is 0 Å². The lowest BCUT2D eigenvalue weighted by Gasteiger charge is -2.09. The van der Waals surface area contributed by atoms with Crippen LogP contribution in [0, 0.1) is 5.82 Å². The number of rotatable bonds is 2. The van der Waals surface area contributed by atoms with Crippen molar-refractivity contribution in [1.29, 1.82) is 0 Å². The lowest BCUT2D eigenvalue weighted by atomic mass is 10.2. The highest BCUT2D eigenvalue weighted by atomic mass is 79.9. The molecule has 0 saturated heterocycles. The number of anilines is 3. The molecule has 0 aliphatic carbocycles. The van der Waals surface area contributed by atoms with Gasteiger partial charge in [-0.05, 0) is 68.3 Å². The SMILES string of the molecule is Nc1ccc(Nc2ccc(Br)c(F)c2)c(Br)c1. The van der Waals surface area contributed by atoms with E-state index in [1.54, 1.807) is 24.3 Å². The summed E-state index contributed by atoms with van der Waals surface area (Å²) in [4.78, 5) is 0. The number of hydrogen-bond acceptors (Lipinski definition) is 2. The summed E-state index contributed by atoms with van der Waals surface area (Å²) in [7, 11) is 0. The third-order valence-electron chi connectivity index (χ3n) is 2.19. The van der Waals surface area contributed by atoms with Gasteiger partial charge in [0, 0.05) is 15.8 Å². The number of nitrogens with two attached hydrogens (primary N) is 1. The summed E-state index contributed by atoms with van der Waals surface area (Å²) in [5.41, 5.74) is 7.82. The second-order valence-corrected chi connectivity index (χ2v) is 5.20. The summed E-state index contributed by atoms with van der Waals surface area (Å²) in [5.74, 6) is -0.304. The van der Waals surface area contributed by atoms with Gasteiger partial charge < -0.3 is 11.1 Å². The van der Waals surface area contributed by atoms with Crippen LogP contribution in [0.15, 0.2) is 45.3 Å². The van der Waals surface area contributed by atoms with Gasteiger partial charge in [-0.25, -0.2) is 4.39 Å². The zero-order valence-electron chi connectivity index (χ0n) is 8.68. The van der Waals surface area contributed by atoms with E-state index in [4.69, 9.17) is 5.73 Å². The fourth-order valence-electron chi connectivity index (χ4n) is 1.36. The molecule has 0 aliphatic heterocycles. The number of nitrogens with one attached hydrogen (secondary N) is 1. The van der Waals surface area contributed by atoms with Crippen molar-refractivity contribution in [2.24, 2.45) is 0 Å². The van der Waals surface area contributed by atoms with Crippen LogP contribution in [0.5, 0.6) is 0 Å². The van der Waals surface area contributed by atoms with Crippen molar-refractivity contribution in [2.45, 2.75) is 0 Å². The molecule has 0 bridgehead atoms. The highest BCUT2D eigenvalue weighted by molar-refractivity contribution is 9.10. The number of nitrogen functional groups attached to an aromatic ring is 1. The molecule has 0 aliphatic rings. The molecular formula is C12H9Br2FN2. The van der Waals surface area contributed by atoms with E-state index in [1.165, 1.54) is 6.07 Å². The van der Waals surface area contributed by atoms with Gasteiger partial charge >= 0.3 is 0 Å². The zero-order chi connectivity index (χ0) is 12.4. The molecule has 5 heteroatoms. The Morgan fingerprint density at radius 3 is 2.41 bits per heavy atom. The lowest BCUT2D eigenvalue weighted by molar-refractivity contribution is 0.622. The highest BCUT2D eigenvalue weighted by Gasteiger charge is 2.03. The van der Waals surface area contributed by atoms with Crippen molar-refractivity contribution in [3.63, 3.8) is 0 Å². The Labute approximate surface area is 115 Å². The van der Waals surface area contributed by atoms with Crippen LogP contribution in [0.3, 0.4) is 0 Å². The molecule has 0 atom stereocenters. The quantitative estimate of drug-likeness (QED) is 0.764. The minimum absolute atomic E-state index is 0.304. The summed E-state index contributed by atoms with van der Waals surface area (Å²) in [5, 5.41) is 3.10. The maximum absolute atomic E-state index is 13.3. The molecule has 2 aromatic rings. The molecule has 0 radical (unpaired) electrons. The van der Waals surface area contributed by atoms with Gasteiger partial charge in [0.2, 0.25) is 0 Å². The van der Waals surface area contributed by atoms with Gasteiger partial charge in [-0.1, -0.05) is 0 Å². The first-order chi connectivity index (χ1) is 8.06. The summed E-state index contributed by atoms with van der Waals surface area (Å²) in [6.45, 7) is 0. The second kappa shape index (κ2) is 5.06. The Balaban J connectivity index is 2.28. The first-order valence-electron chi connectivity index (χ1n) is 4.83. The maximum Gasteiger partial charge on any atom is 0.139 e. The standard InChI is InChI=1S/C12H9Br2FN2/c13-9-3-2-8(6-11(9)15)17-12-4-1-7(16)5-10(12)14/h1-6,17H,16H2. The smallest absolute Gasteiger partial charge is 0.139 e. The maximum atomic E-state index is 13.3. The number of benzene rings is 2. The first-order valence-corrected chi connectivity index (χ1v) is 6.42. The molecular weight excluding hydrogens is 351 g/mol. The third kappa shape index (κ3) is 2.98. The van der Waals surface area contributed by atoms with Crippen LogP contribution >= 0.6 is 31.9 Å². The van der Waals surface area contributed by atoms with E-state index in [1.807, 2.05) is 6.07 Å². The van der Waals surface area contributed by atoms with Gasteiger partial charge in [-0.15, -0.1) is 0 Å². The predicted molar refractivity (Wildman–Crippen MR) is 75.9 cm³/mol. The zero-order valence-corrected chi connectivity index (χ0v) is 11.8. The molecule has 88 valence electrons. The van der Waals surface area contributed by atoms with E-state index in [2.05, 4.69) is 37.2 Å². The molecule has 0 spiro atoms. The van der Waals surface area contributed by atoms with Gasteiger partial charge in [-0.2, -0.15) is 0 Å². The molecule has 2 rings (SSSR count). The van der Waals surface area contributed by atoms with E-state index in [0.29, 0.717) is 15.8 Å². The Bertz CT molecular complexity index is 558. The van der Waals surface area contributed by atoms with Crippen LogP contribution in [-0.4, -0.2) is 0 Å². The Morgan fingerprint density at radius 2 is 1.76 bits per heavy atom. The van der Waals surface area contributed by atoms with Gasteiger partial charge in [0.1, 0.15) is 5.82 Å². The third-order valence-corrected chi connectivity index (χ3v) is 3.49. The average Bonchev–Trinajstić information content (AvgIpc) is 2.27. The topological polar surface area (TPSA) is 38.0 Å². The average molecular weight is 360 g/mol. The Morgan fingerprint density at radius 1 is 1.00 bits per heavy atom. The molecule has 17 heavy (non-hydrogen) atoms. The first kappa shape index (κ1) is 12.4. The van der Waals surface area contributed by atoms with Crippen LogP contribution in [0.4, 0.5) is 21.5 Å². The van der Waals surface area contributed by atoms with Crippen LogP contribution in [0.1, 0.15) is 0 Å². The predicted octanol–water partition coefficient (Wildman–Crippen LogP) is 4.68. The molecule has 0 aromatic heterocycles. The molecule has 2 aromatic carbocycles. The molecule has 2 nitrogen and oxygen atoms in total. The second-order valence-electron chi connectivity index (χ2n) is 3.49. The van der Waals surface area contributed by atoms with Crippen molar-refractivity contribution >= 4 is 48.9 Å². The summed E-state index contributed by atoms with van der Waals surface area (Å²) >= 11 is 6.50. The Kier molecular flexibility index (Phi) is 3.69. The summed E-state index contributed by atoms with van der Waals surface area (Å²) < 4.78 is 14.6. The normalized spacial score (nSPS) is 10.3. The largest absolute Gasteiger partial charge is 0.399 e. The molecule has 3 N–H and O–H groups in total. The fourth-order valence-corrected chi connectivity index (χ4v) is 2.10. The van der Waals surface area contributed by atoms with Crippen molar-refractivity contribution in [1.82, 2.24) is 0 Å². The van der Waals surface area contributed by atoms with Crippen molar-refractivity contribution in [3.05, 3.63) is 51.2 Å². The van der Waals surface area contributed by atoms with E-state index < -0.39 is 0 Å². The van der Waals surface area contributed by atoms with E-state index in [-0.39, 0.29) is 5.82 Å². The number of hydrogen-bond donors (Lipinski definition) is 2. The van der Waals surface area contributed by atoms with Crippen LogP contribution in [0.25, 0.3) is 0 Å². The van der Waals surface area contributed by atoms with Crippen molar-refractivity contribution in [3.8, 4) is 0 Å². The lowest BCUT2D eigenvalue weighted by Crippen LogP contribution is -1.93. The monoisotopic (exact) mass is 358 g/mol. The van der Waals surface area contributed by atoms with Gasteiger partial charge in [-0.3, -0.25) is 0 Å². The van der Waals surface area contributed by atoms with Gasteiger partial charge in [0.15, 0.2) is 0 Å². The minimum atomic E-state index is -0.304. The minimum Gasteiger partial charge on any atom is -0.399 e. The van der Waals surface area contributed by atoms with Crippen molar-refractivity contribution in [2.75, 3.05) is 11.1 Å². The highest BCUT2D eigenvalue weighted by Crippen LogP contribution is 2.29. The molecule has 0 saturated carbocycles. The van der Waals surface area contributed by atoms with E-state index in [9.17, 15) is 4.39 Å². The van der Waals surface area contributed by atoms with Gasteiger partial charge in [0.05, 0.1) is 10.2 Å².